The van der Waals surface area contributed by atoms with Crippen molar-refractivity contribution in [3.63, 3.8) is 0 Å². The first-order chi connectivity index (χ1) is 9.79. The van der Waals surface area contributed by atoms with Crippen molar-refractivity contribution in [3.05, 3.63) is 35.9 Å². The van der Waals surface area contributed by atoms with Crippen molar-refractivity contribution in [2.75, 3.05) is 5.75 Å². The van der Waals surface area contributed by atoms with E-state index in [-0.39, 0.29) is 5.37 Å². The molecule has 0 spiro atoms. The number of hydrogen-bond acceptors (Lipinski definition) is 4. The number of ether oxygens (including phenoxy) is 1. The Morgan fingerprint density at radius 2 is 1.90 bits per heavy atom. The first-order valence-electron chi connectivity index (χ1n) is 6.70. The average Bonchev–Trinajstić information content (AvgIpc) is 2.82. The predicted octanol–water partition coefficient (Wildman–Crippen LogP) is 3.12. The Labute approximate surface area is 128 Å². The molecule has 1 amide bonds. The van der Waals surface area contributed by atoms with Gasteiger partial charge in [0, 0.05) is 5.75 Å². The van der Waals surface area contributed by atoms with Crippen LogP contribution in [0.4, 0.5) is 4.79 Å². The second-order valence-electron chi connectivity index (χ2n) is 5.84. The minimum atomic E-state index is -1.01. The lowest BCUT2D eigenvalue weighted by Crippen LogP contribution is -2.45. The number of hydrogen-bond donors (Lipinski definition) is 1. The lowest BCUT2D eigenvalue weighted by molar-refractivity contribution is -0.142. The summed E-state index contributed by atoms with van der Waals surface area (Å²) in [5.41, 5.74) is 0.242. The van der Waals surface area contributed by atoms with E-state index in [4.69, 9.17) is 4.74 Å². The van der Waals surface area contributed by atoms with E-state index in [1.807, 2.05) is 30.3 Å². The van der Waals surface area contributed by atoms with Gasteiger partial charge in [-0.2, -0.15) is 0 Å². The summed E-state index contributed by atoms with van der Waals surface area (Å²) in [6.45, 7) is 5.30. The van der Waals surface area contributed by atoms with Crippen LogP contribution in [0.15, 0.2) is 30.3 Å². The van der Waals surface area contributed by atoms with Crippen molar-refractivity contribution in [3.8, 4) is 0 Å². The molecule has 0 unspecified atom stereocenters. The fraction of sp³-hybridized carbons (Fsp3) is 0.467. The minimum Gasteiger partial charge on any atom is -0.480 e. The average molecular weight is 309 g/mol. The monoisotopic (exact) mass is 309 g/mol. The standard InChI is InChI=1S/C15H19NO4S/c1-15(2,3)20-14(19)16-11(13(17)18)9-21-12(16)10-7-5-4-6-8-10/h4-8,11-12H,9H2,1-3H3,(H,17,18)/t11-,12+/m1/s1. The Morgan fingerprint density at radius 3 is 2.43 bits per heavy atom. The summed E-state index contributed by atoms with van der Waals surface area (Å²) in [6.07, 6.45) is -0.589. The van der Waals surface area contributed by atoms with Crippen LogP contribution < -0.4 is 0 Å². The third-order valence-electron chi connectivity index (χ3n) is 2.97. The van der Waals surface area contributed by atoms with Crippen molar-refractivity contribution in [2.24, 2.45) is 0 Å². The Hall–Kier alpha value is -1.69. The van der Waals surface area contributed by atoms with E-state index in [1.54, 1.807) is 20.8 Å². The van der Waals surface area contributed by atoms with Crippen molar-refractivity contribution >= 4 is 23.8 Å². The molecule has 0 bridgehead atoms. The van der Waals surface area contributed by atoms with Gasteiger partial charge in [0.15, 0.2) is 0 Å². The zero-order valence-electron chi connectivity index (χ0n) is 12.3. The number of carboxylic acids is 1. The molecule has 1 N–H and O–H groups in total. The quantitative estimate of drug-likeness (QED) is 0.909. The van der Waals surface area contributed by atoms with E-state index in [1.165, 1.54) is 16.7 Å². The third kappa shape index (κ3) is 3.69. The number of carbonyl (C=O) groups is 2. The molecule has 0 aliphatic carbocycles. The maximum Gasteiger partial charge on any atom is 0.412 e. The Balaban J connectivity index is 2.29. The lowest BCUT2D eigenvalue weighted by atomic mass is 10.2. The van der Waals surface area contributed by atoms with Crippen LogP contribution in [-0.2, 0) is 9.53 Å². The molecule has 21 heavy (non-hydrogen) atoms. The molecule has 0 radical (unpaired) electrons. The topological polar surface area (TPSA) is 66.8 Å². The van der Waals surface area contributed by atoms with Crippen LogP contribution in [0, 0.1) is 0 Å². The first-order valence-corrected chi connectivity index (χ1v) is 7.75. The van der Waals surface area contributed by atoms with Crippen LogP contribution in [0.1, 0.15) is 31.7 Å². The molecule has 1 heterocycles. The van der Waals surface area contributed by atoms with Gasteiger partial charge in [-0.25, -0.2) is 9.59 Å². The molecule has 2 rings (SSSR count). The van der Waals surface area contributed by atoms with E-state index in [9.17, 15) is 14.7 Å². The maximum atomic E-state index is 12.4. The van der Waals surface area contributed by atoms with Gasteiger partial charge in [-0.1, -0.05) is 30.3 Å². The molecule has 2 atom stereocenters. The third-order valence-corrected chi connectivity index (χ3v) is 4.30. The molecule has 6 heteroatoms. The zero-order valence-corrected chi connectivity index (χ0v) is 13.1. The molecular weight excluding hydrogens is 290 g/mol. The molecule has 1 saturated heterocycles. The highest BCUT2D eigenvalue weighted by atomic mass is 32.2. The van der Waals surface area contributed by atoms with Crippen LogP contribution >= 0.6 is 11.8 Å². The van der Waals surface area contributed by atoms with Gasteiger partial charge >= 0.3 is 12.1 Å². The number of amides is 1. The van der Waals surface area contributed by atoms with Crippen LogP contribution in [0.3, 0.4) is 0 Å². The molecule has 0 saturated carbocycles. The van der Waals surface area contributed by atoms with Gasteiger partial charge in [0.2, 0.25) is 0 Å². The normalized spacial score (nSPS) is 22.1. The van der Waals surface area contributed by atoms with Gasteiger partial charge in [0.25, 0.3) is 0 Å². The largest absolute Gasteiger partial charge is 0.480 e. The number of aliphatic carboxylic acids is 1. The van der Waals surface area contributed by atoms with Crippen LogP contribution in [-0.4, -0.2) is 39.5 Å². The summed E-state index contributed by atoms with van der Waals surface area (Å²) in [5.74, 6) is -0.652. The summed E-state index contributed by atoms with van der Waals surface area (Å²) < 4.78 is 5.36. The van der Waals surface area contributed by atoms with Crippen molar-refractivity contribution in [2.45, 2.75) is 37.8 Å². The van der Waals surface area contributed by atoms with Crippen molar-refractivity contribution < 1.29 is 19.4 Å². The lowest BCUT2D eigenvalue weighted by Gasteiger charge is -2.30. The molecule has 5 nitrogen and oxygen atoms in total. The number of carbonyl (C=O) groups excluding carboxylic acids is 1. The maximum absolute atomic E-state index is 12.4. The minimum absolute atomic E-state index is 0.331. The molecule has 1 aromatic carbocycles. The second kappa shape index (κ2) is 5.97. The van der Waals surface area contributed by atoms with Crippen LogP contribution in [0.25, 0.3) is 0 Å². The Kier molecular flexibility index (Phi) is 4.46. The van der Waals surface area contributed by atoms with E-state index in [0.717, 1.165) is 5.56 Å². The van der Waals surface area contributed by atoms with E-state index in [0.29, 0.717) is 5.75 Å². The molecule has 0 aromatic heterocycles. The second-order valence-corrected chi connectivity index (χ2v) is 6.95. The van der Waals surface area contributed by atoms with Gasteiger partial charge in [-0.05, 0) is 26.3 Å². The Morgan fingerprint density at radius 1 is 1.29 bits per heavy atom. The first kappa shape index (κ1) is 15.7. The summed E-state index contributed by atoms with van der Waals surface area (Å²) in [6, 6.07) is 8.54. The molecule has 1 aromatic rings. The van der Waals surface area contributed by atoms with E-state index in [2.05, 4.69) is 0 Å². The van der Waals surface area contributed by atoms with Crippen LogP contribution in [0.5, 0.6) is 0 Å². The molecule has 1 aliphatic rings. The summed E-state index contributed by atoms with van der Waals surface area (Å²) in [5, 5.41) is 9.00. The number of carboxylic acid groups (broad SMARTS) is 1. The summed E-state index contributed by atoms with van der Waals surface area (Å²) in [4.78, 5) is 25.1. The van der Waals surface area contributed by atoms with Crippen LogP contribution in [0.2, 0.25) is 0 Å². The van der Waals surface area contributed by atoms with Gasteiger partial charge in [-0.15, -0.1) is 11.8 Å². The number of benzene rings is 1. The smallest absolute Gasteiger partial charge is 0.412 e. The predicted molar refractivity (Wildman–Crippen MR) is 81.1 cm³/mol. The highest BCUT2D eigenvalue weighted by Crippen LogP contribution is 2.42. The molecular formula is C15H19NO4S. The number of nitrogens with zero attached hydrogens (tertiary/aromatic N) is 1. The molecule has 114 valence electrons. The zero-order chi connectivity index (χ0) is 15.6. The fourth-order valence-electron chi connectivity index (χ4n) is 2.11. The highest BCUT2D eigenvalue weighted by Gasteiger charge is 2.44. The van der Waals surface area contributed by atoms with E-state index >= 15 is 0 Å². The fourth-order valence-corrected chi connectivity index (χ4v) is 3.52. The number of thioether (sulfide) groups is 1. The van der Waals surface area contributed by atoms with Crippen molar-refractivity contribution in [1.29, 1.82) is 0 Å². The van der Waals surface area contributed by atoms with Crippen molar-refractivity contribution in [1.82, 2.24) is 4.90 Å². The number of rotatable bonds is 2. The molecule has 1 aliphatic heterocycles. The SMILES string of the molecule is CC(C)(C)OC(=O)N1[C@@H](C(=O)O)CS[C@H]1c1ccccc1. The highest BCUT2D eigenvalue weighted by molar-refractivity contribution is 7.99. The Bertz CT molecular complexity index is 526. The summed E-state index contributed by atoms with van der Waals surface area (Å²) >= 11 is 1.44. The van der Waals surface area contributed by atoms with Gasteiger partial charge < -0.3 is 9.84 Å². The van der Waals surface area contributed by atoms with Gasteiger partial charge in [0.1, 0.15) is 17.0 Å². The van der Waals surface area contributed by atoms with Gasteiger partial charge in [-0.3, -0.25) is 4.90 Å². The molecule has 1 fully saturated rings. The van der Waals surface area contributed by atoms with Gasteiger partial charge in [0.05, 0.1) is 0 Å². The van der Waals surface area contributed by atoms with E-state index < -0.39 is 23.7 Å². The summed E-state index contributed by atoms with van der Waals surface area (Å²) in [7, 11) is 0.